The van der Waals surface area contributed by atoms with Crippen molar-refractivity contribution >= 4 is 23.4 Å². The molecule has 3 aromatic rings. The Morgan fingerprint density at radius 2 is 1.37 bits per heavy atom. The fourth-order valence-corrected chi connectivity index (χ4v) is 3.60. The summed E-state index contributed by atoms with van der Waals surface area (Å²) in [6, 6.07) is 24.8. The van der Waals surface area contributed by atoms with E-state index in [-0.39, 0.29) is 11.2 Å². The molecule has 1 unspecified atom stereocenters. The fourth-order valence-electron chi connectivity index (χ4n) is 2.57. The van der Waals surface area contributed by atoms with Crippen molar-refractivity contribution in [2.45, 2.75) is 10.1 Å². The fraction of sp³-hybridized carbons (Fsp3) is 0.136. The molecule has 1 amide bonds. The van der Waals surface area contributed by atoms with Crippen molar-refractivity contribution in [1.29, 1.82) is 0 Å². The molecule has 0 radical (unpaired) electrons. The molecule has 1 atom stereocenters. The SMILES string of the molecule is COc1ccc(NC(=O)C(Sc2ccc(OC)cc2)c2ccccc2)cc1. The van der Waals surface area contributed by atoms with E-state index >= 15 is 0 Å². The van der Waals surface area contributed by atoms with Crippen LogP contribution >= 0.6 is 11.8 Å². The molecule has 0 bridgehead atoms. The molecular formula is C22H21NO3S. The highest BCUT2D eigenvalue weighted by Gasteiger charge is 2.22. The van der Waals surface area contributed by atoms with E-state index in [0.717, 1.165) is 27.6 Å². The number of carbonyl (C=O) groups excluding carboxylic acids is 1. The normalized spacial score (nSPS) is 11.5. The van der Waals surface area contributed by atoms with E-state index in [2.05, 4.69) is 5.32 Å². The van der Waals surface area contributed by atoms with Crippen LogP contribution in [0.2, 0.25) is 0 Å². The number of thioether (sulfide) groups is 1. The minimum absolute atomic E-state index is 0.0767. The Bertz CT molecular complexity index is 864. The van der Waals surface area contributed by atoms with Gasteiger partial charge in [0.1, 0.15) is 16.7 Å². The Morgan fingerprint density at radius 3 is 1.93 bits per heavy atom. The van der Waals surface area contributed by atoms with Gasteiger partial charge in [0.05, 0.1) is 14.2 Å². The van der Waals surface area contributed by atoms with Crippen LogP contribution in [-0.2, 0) is 4.79 Å². The van der Waals surface area contributed by atoms with Gasteiger partial charge in [-0.05, 0) is 54.1 Å². The van der Waals surface area contributed by atoms with Gasteiger partial charge in [-0.3, -0.25) is 4.79 Å². The summed E-state index contributed by atoms with van der Waals surface area (Å²) in [5.41, 5.74) is 1.68. The van der Waals surface area contributed by atoms with E-state index in [1.54, 1.807) is 14.2 Å². The third-order valence-electron chi connectivity index (χ3n) is 4.01. The molecule has 0 saturated carbocycles. The summed E-state index contributed by atoms with van der Waals surface area (Å²) in [7, 11) is 3.25. The second-order valence-corrected chi connectivity index (χ2v) is 6.98. The largest absolute Gasteiger partial charge is 0.497 e. The lowest BCUT2D eigenvalue weighted by Crippen LogP contribution is -2.19. The summed E-state index contributed by atoms with van der Waals surface area (Å²) >= 11 is 1.50. The number of nitrogens with one attached hydrogen (secondary N) is 1. The second-order valence-electron chi connectivity index (χ2n) is 5.80. The number of carbonyl (C=O) groups is 1. The van der Waals surface area contributed by atoms with Crippen molar-refractivity contribution in [3.8, 4) is 11.5 Å². The first-order chi connectivity index (χ1) is 13.2. The van der Waals surface area contributed by atoms with Crippen LogP contribution in [0.15, 0.2) is 83.8 Å². The van der Waals surface area contributed by atoms with E-state index in [0.29, 0.717) is 0 Å². The van der Waals surface area contributed by atoms with Gasteiger partial charge >= 0.3 is 0 Å². The summed E-state index contributed by atoms with van der Waals surface area (Å²) in [5, 5.41) is 2.62. The molecule has 0 aromatic heterocycles. The number of anilines is 1. The van der Waals surface area contributed by atoms with Crippen LogP contribution in [0.4, 0.5) is 5.69 Å². The van der Waals surface area contributed by atoms with E-state index in [4.69, 9.17) is 9.47 Å². The van der Waals surface area contributed by atoms with Gasteiger partial charge in [-0.1, -0.05) is 30.3 Å². The molecule has 1 N–H and O–H groups in total. The van der Waals surface area contributed by atoms with Crippen LogP contribution in [0.25, 0.3) is 0 Å². The van der Waals surface area contributed by atoms with Gasteiger partial charge in [-0.25, -0.2) is 0 Å². The Balaban J connectivity index is 1.81. The Labute approximate surface area is 163 Å². The van der Waals surface area contributed by atoms with Crippen molar-refractivity contribution in [2.75, 3.05) is 19.5 Å². The number of amides is 1. The molecule has 0 saturated heterocycles. The maximum atomic E-state index is 13.0. The number of hydrogen-bond donors (Lipinski definition) is 1. The van der Waals surface area contributed by atoms with Crippen molar-refractivity contribution in [3.05, 3.63) is 84.4 Å². The van der Waals surface area contributed by atoms with Crippen molar-refractivity contribution < 1.29 is 14.3 Å². The van der Waals surface area contributed by atoms with E-state index in [1.807, 2.05) is 78.9 Å². The van der Waals surface area contributed by atoms with Crippen LogP contribution in [0.1, 0.15) is 10.8 Å². The average molecular weight is 379 g/mol. The topological polar surface area (TPSA) is 47.6 Å². The molecule has 0 aliphatic heterocycles. The average Bonchev–Trinajstić information content (AvgIpc) is 2.73. The van der Waals surface area contributed by atoms with Gasteiger partial charge in [0.25, 0.3) is 0 Å². The number of methoxy groups -OCH3 is 2. The van der Waals surface area contributed by atoms with Gasteiger partial charge in [0, 0.05) is 10.6 Å². The quantitative estimate of drug-likeness (QED) is 0.575. The molecule has 0 aliphatic carbocycles. The zero-order valence-electron chi connectivity index (χ0n) is 15.2. The highest BCUT2D eigenvalue weighted by atomic mass is 32.2. The summed E-state index contributed by atoms with van der Waals surface area (Å²) in [5.74, 6) is 1.46. The third kappa shape index (κ3) is 5.05. The van der Waals surface area contributed by atoms with Crippen molar-refractivity contribution in [1.82, 2.24) is 0 Å². The van der Waals surface area contributed by atoms with Crippen LogP contribution in [0.5, 0.6) is 11.5 Å². The molecule has 0 aliphatic rings. The molecule has 0 fully saturated rings. The number of rotatable bonds is 7. The molecule has 0 spiro atoms. The zero-order valence-corrected chi connectivity index (χ0v) is 16.0. The molecule has 0 heterocycles. The van der Waals surface area contributed by atoms with Crippen LogP contribution < -0.4 is 14.8 Å². The minimum Gasteiger partial charge on any atom is -0.497 e. The molecular weight excluding hydrogens is 358 g/mol. The standard InChI is InChI=1S/C22H21NO3S/c1-25-18-10-8-17(9-11-18)23-22(24)21(16-6-4-3-5-7-16)27-20-14-12-19(26-2)13-15-20/h3-15,21H,1-2H3,(H,23,24). The van der Waals surface area contributed by atoms with Gasteiger partial charge in [0.15, 0.2) is 0 Å². The maximum absolute atomic E-state index is 13.0. The Kier molecular flexibility index (Phi) is 6.39. The predicted octanol–water partition coefficient (Wildman–Crippen LogP) is 5.18. The maximum Gasteiger partial charge on any atom is 0.242 e. The van der Waals surface area contributed by atoms with Crippen LogP contribution in [0.3, 0.4) is 0 Å². The highest BCUT2D eigenvalue weighted by molar-refractivity contribution is 8.00. The molecule has 3 rings (SSSR count). The van der Waals surface area contributed by atoms with Crippen LogP contribution in [0, 0.1) is 0 Å². The van der Waals surface area contributed by atoms with Crippen molar-refractivity contribution in [2.24, 2.45) is 0 Å². The van der Waals surface area contributed by atoms with E-state index in [1.165, 1.54) is 11.8 Å². The zero-order chi connectivity index (χ0) is 19.1. The van der Waals surface area contributed by atoms with Gasteiger partial charge in [-0.2, -0.15) is 0 Å². The Hall–Kier alpha value is -2.92. The first-order valence-corrected chi connectivity index (χ1v) is 9.38. The summed E-state index contributed by atoms with van der Waals surface area (Å²) in [6.07, 6.45) is 0. The highest BCUT2D eigenvalue weighted by Crippen LogP contribution is 2.37. The minimum atomic E-state index is -0.373. The molecule has 4 nitrogen and oxygen atoms in total. The smallest absolute Gasteiger partial charge is 0.242 e. The summed E-state index contributed by atoms with van der Waals surface area (Å²) in [6.45, 7) is 0. The second kappa shape index (κ2) is 9.14. The molecule has 138 valence electrons. The predicted molar refractivity (Wildman–Crippen MR) is 110 cm³/mol. The monoisotopic (exact) mass is 379 g/mol. The first-order valence-electron chi connectivity index (χ1n) is 8.50. The summed E-state index contributed by atoms with van der Waals surface area (Å²) in [4.78, 5) is 14.0. The number of benzene rings is 3. The first kappa shape index (κ1) is 18.9. The lowest BCUT2D eigenvalue weighted by atomic mass is 10.1. The summed E-state index contributed by atoms with van der Waals surface area (Å²) < 4.78 is 10.4. The third-order valence-corrected chi connectivity index (χ3v) is 5.28. The molecule has 3 aromatic carbocycles. The van der Waals surface area contributed by atoms with Crippen LogP contribution in [-0.4, -0.2) is 20.1 Å². The van der Waals surface area contributed by atoms with E-state index in [9.17, 15) is 4.79 Å². The number of ether oxygens (including phenoxy) is 2. The molecule has 27 heavy (non-hydrogen) atoms. The molecule has 5 heteroatoms. The van der Waals surface area contributed by atoms with Gasteiger partial charge < -0.3 is 14.8 Å². The van der Waals surface area contributed by atoms with Crippen molar-refractivity contribution in [3.63, 3.8) is 0 Å². The lowest BCUT2D eigenvalue weighted by molar-refractivity contribution is -0.115. The lowest BCUT2D eigenvalue weighted by Gasteiger charge is -2.17. The van der Waals surface area contributed by atoms with Gasteiger partial charge in [-0.15, -0.1) is 11.8 Å². The van der Waals surface area contributed by atoms with E-state index < -0.39 is 0 Å². The van der Waals surface area contributed by atoms with Gasteiger partial charge in [0.2, 0.25) is 5.91 Å². The number of hydrogen-bond acceptors (Lipinski definition) is 4. The Morgan fingerprint density at radius 1 is 0.815 bits per heavy atom.